The average Bonchev–Trinajstić information content (AvgIpc) is 2.31. The summed E-state index contributed by atoms with van der Waals surface area (Å²) in [5, 5.41) is 0. The summed E-state index contributed by atoms with van der Waals surface area (Å²) in [5.41, 5.74) is 0.496. The molecule has 2 nitrogen and oxygen atoms in total. The van der Waals surface area contributed by atoms with Crippen molar-refractivity contribution in [3.63, 3.8) is 0 Å². The van der Waals surface area contributed by atoms with E-state index in [0.29, 0.717) is 5.41 Å². The average molecular weight is 183 g/mol. The fourth-order valence-electron chi connectivity index (χ4n) is 2.17. The standard InChI is InChI=1S/C11H21NO/c1-11(2,3)9-6-12(7-9)10-4-5-13-8-10/h9-10H,4-8H2,1-3H3/t10-/m0/s1. The second kappa shape index (κ2) is 3.25. The summed E-state index contributed by atoms with van der Waals surface area (Å²) in [4.78, 5) is 2.59. The number of hydrogen-bond acceptors (Lipinski definition) is 2. The highest BCUT2D eigenvalue weighted by Crippen LogP contribution is 2.35. The SMILES string of the molecule is CC(C)(C)C1CN([C@H]2CCOC2)C1. The topological polar surface area (TPSA) is 12.5 Å². The van der Waals surface area contributed by atoms with Gasteiger partial charge in [0.2, 0.25) is 0 Å². The lowest BCUT2D eigenvalue weighted by molar-refractivity contribution is -0.00941. The summed E-state index contributed by atoms with van der Waals surface area (Å²) in [6.45, 7) is 11.6. The van der Waals surface area contributed by atoms with E-state index < -0.39 is 0 Å². The summed E-state index contributed by atoms with van der Waals surface area (Å²) >= 11 is 0. The zero-order chi connectivity index (χ0) is 9.47. The first-order chi connectivity index (χ1) is 6.07. The summed E-state index contributed by atoms with van der Waals surface area (Å²) in [6.07, 6.45) is 1.25. The lowest BCUT2D eigenvalue weighted by atomic mass is 9.75. The highest BCUT2D eigenvalue weighted by molar-refractivity contribution is 4.92. The van der Waals surface area contributed by atoms with E-state index in [9.17, 15) is 0 Å². The second-order valence-corrected chi connectivity index (χ2v) is 5.53. The van der Waals surface area contributed by atoms with Gasteiger partial charge in [-0.1, -0.05) is 20.8 Å². The Morgan fingerprint density at radius 1 is 1.23 bits per heavy atom. The third-order valence-corrected chi connectivity index (χ3v) is 3.56. The second-order valence-electron chi connectivity index (χ2n) is 5.53. The minimum absolute atomic E-state index is 0.496. The summed E-state index contributed by atoms with van der Waals surface area (Å²) in [7, 11) is 0. The molecule has 0 aromatic heterocycles. The largest absolute Gasteiger partial charge is 0.380 e. The molecule has 2 heteroatoms. The van der Waals surface area contributed by atoms with Crippen molar-refractivity contribution in [1.82, 2.24) is 4.90 Å². The molecule has 0 N–H and O–H groups in total. The Labute approximate surface area is 81.3 Å². The molecule has 0 aliphatic carbocycles. The van der Waals surface area contributed by atoms with Crippen LogP contribution in [0.25, 0.3) is 0 Å². The van der Waals surface area contributed by atoms with Crippen LogP contribution in [0.4, 0.5) is 0 Å². The van der Waals surface area contributed by atoms with Gasteiger partial charge in [-0.3, -0.25) is 4.90 Å². The molecule has 0 unspecified atom stereocenters. The van der Waals surface area contributed by atoms with Crippen LogP contribution in [-0.2, 0) is 4.74 Å². The van der Waals surface area contributed by atoms with E-state index >= 15 is 0 Å². The minimum atomic E-state index is 0.496. The molecule has 0 saturated carbocycles. The Morgan fingerprint density at radius 3 is 2.38 bits per heavy atom. The van der Waals surface area contributed by atoms with Crippen LogP contribution >= 0.6 is 0 Å². The molecule has 2 fully saturated rings. The lowest BCUT2D eigenvalue weighted by Crippen LogP contribution is -2.56. The third-order valence-electron chi connectivity index (χ3n) is 3.56. The van der Waals surface area contributed by atoms with E-state index in [-0.39, 0.29) is 0 Å². The molecule has 2 heterocycles. The highest BCUT2D eigenvalue weighted by Gasteiger charge is 2.39. The van der Waals surface area contributed by atoms with Crippen LogP contribution in [0.3, 0.4) is 0 Å². The van der Waals surface area contributed by atoms with E-state index in [1.165, 1.54) is 19.5 Å². The fourth-order valence-corrected chi connectivity index (χ4v) is 2.17. The lowest BCUT2D eigenvalue weighted by Gasteiger charge is -2.48. The molecule has 2 aliphatic rings. The molecular weight excluding hydrogens is 162 g/mol. The van der Waals surface area contributed by atoms with Crippen LogP contribution in [0.1, 0.15) is 27.2 Å². The molecular formula is C11H21NO. The Morgan fingerprint density at radius 2 is 1.92 bits per heavy atom. The van der Waals surface area contributed by atoms with E-state index in [1.807, 2.05) is 0 Å². The van der Waals surface area contributed by atoms with Gasteiger partial charge in [0.1, 0.15) is 0 Å². The molecule has 0 amide bonds. The Kier molecular flexibility index (Phi) is 2.37. The first-order valence-electron chi connectivity index (χ1n) is 5.39. The number of rotatable bonds is 1. The fraction of sp³-hybridized carbons (Fsp3) is 1.00. The molecule has 0 bridgehead atoms. The van der Waals surface area contributed by atoms with Crippen LogP contribution in [0.2, 0.25) is 0 Å². The summed E-state index contributed by atoms with van der Waals surface area (Å²) in [6, 6.07) is 0.735. The first-order valence-corrected chi connectivity index (χ1v) is 5.39. The van der Waals surface area contributed by atoms with E-state index in [4.69, 9.17) is 4.74 Å². The molecule has 2 aliphatic heterocycles. The van der Waals surface area contributed by atoms with Crippen LogP contribution in [0, 0.1) is 11.3 Å². The predicted molar refractivity (Wildman–Crippen MR) is 53.7 cm³/mol. The molecule has 0 aromatic carbocycles. The van der Waals surface area contributed by atoms with Gasteiger partial charge < -0.3 is 4.74 Å². The van der Waals surface area contributed by atoms with Gasteiger partial charge in [0.05, 0.1) is 6.61 Å². The van der Waals surface area contributed by atoms with Crippen molar-refractivity contribution in [3.8, 4) is 0 Å². The zero-order valence-electron chi connectivity index (χ0n) is 9.05. The van der Waals surface area contributed by atoms with Crippen LogP contribution in [-0.4, -0.2) is 37.2 Å². The molecule has 2 rings (SSSR count). The smallest absolute Gasteiger partial charge is 0.0622 e. The number of hydrogen-bond donors (Lipinski definition) is 0. The van der Waals surface area contributed by atoms with Crippen molar-refractivity contribution in [3.05, 3.63) is 0 Å². The predicted octanol–water partition coefficient (Wildman–Crippen LogP) is 1.75. The normalized spacial score (nSPS) is 32.1. The number of likely N-dealkylation sites (tertiary alicyclic amines) is 1. The molecule has 0 aromatic rings. The first kappa shape index (κ1) is 9.47. The number of ether oxygens (including phenoxy) is 1. The van der Waals surface area contributed by atoms with Crippen LogP contribution in [0.15, 0.2) is 0 Å². The summed E-state index contributed by atoms with van der Waals surface area (Å²) < 4.78 is 5.39. The van der Waals surface area contributed by atoms with Gasteiger partial charge in [0.15, 0.2) is 0 Å². The van der Waals surface area contributed by atoms with Crippen LogP contribution < -0.4 is 0 Å². The molecule has 0 radical (unpaired) electrons. The van der Waals surface area contributed by atoms with Crippen molar-refractivity contribution in [2.24, 2.45) is 11.3 Å². The van der Waals surface area contributed by atoms with Crippen molar-refractivity contribution in [1.29, 1.82) is 0 Å². The van der Waals surface area contributed by atoms with Gasteiger partial charge in [0, 0.05) is 25.7 Å². The molecule has 0 spiro atoms. The maximum absolute atomic E-state index is 5.39. The Hall–Kier alpha value is -0.0800. The van der Waals surface area contributed by atoms with Crippen molar-refractivity contribution in [2.75, 3.05) is 26.3 Å². The van der Waals surface area contributed by atoms with E-state index in [1.54, 1.807) is 0 Å². The molecule has 1 atom stereocenters. The highest BCUT2D eigenvalue weighted by atomic mass is 16.5. The van der Waals surface area contributed by atoms with Gasteiger partial charge in [-0.25, -0.2) is 0 Å². The van der Waals surface area contributed by atoms with Gasteiger partial charge in [-0.15, -0.1) is 0 Å². The Balaban J connectivity index is 1.78. The van der Waals surface area contributed by atoms with Crippen molar-refractivity contribution >= 4 is 0 Å². The third kappa shape index (κ3) is 1.89. The summed E-state index contributed by atoms with van der Waals surface area (Å²) in [5.74, 6) is 0.896. The van der Waals surface area contributed by atoms with E-state index in [0.717, 1.165) is 25.2 Å². The van der Waals surface area contributed by atoms with Crippen molar-refractivity contribution < 1.29 is 4.74 Å². The monoisotopic (exact) mass is 183 g/mol. The Bertz CT molecular complexity index is 173. The van der Waals surface area contributed by atoms with Gasteiger partial charge >= 0.3 is 0 Å². The van der Waals surface area contributed by atoms with E-state index in [2.05, 4.69) is 25.7 Å². The van der Waals surface area contributed by atoms with Gasteiger partial charge in [0.25, 0.3) is 0 Å². The van der Waals surface area contributed by atoms with Crippen LogP contribution in [0.5, 0.6) is 0 Å². The van der Waals surface area contributed by atoms with Gasteiger partial charge in [-0.2, -0.15) is 0 Å². The quantitative estimate of drug-likeness (QED) is 0.614. The van der Waals surface area contributed by atoms with Crippen molar-refractivity contribution in [2.45, 2.75) is 33.2 Å². The number of nitrogens with zero attached hydrogens (tertiary/aromatic N) is 1. The maximum atomic E-state index is 5.39. The maximum Gasteiger partial charge on any atom is 0.0622 e. The molecule has 76 valence electrons. The zero-order valence-corrected chi connectivity index (χ0v) is 9.05. The molecule has 2 saturated heterocycles. The van der Waals surface area contributed by atoms with Gasteiger partial charge in [-0.05, 0) is 17.8 Å². The minimum Gasteiger partial charge on any atom is -0.380 e. The molecule has 13 heavy (non-hydrogen) atoms.